The van der Waals surface area contributed by atoms with Crippen LogP contribution >= 0.6 is 15.9 Å². The van der Waals surface area contributed by atoms with Gasteiger partial charge in [-0.05, 0) is 34.8 Å². The summed E-state index contributed by atoms with van der Waals surface area (Å²) in [7, 11) is -2.99. The minimum absolute atomic E-state index is 0.0497. The number of rotatable bonds is 3. The maximum absolute atomic E-state index is 12.2. The van der Waals surface area contributed by atoms with E-state index in [0.29, 0.717) is 12.8 Å². The van der Waals surface area contributed by atoms with Crippen LogP contribution in [0.3, 0.4) is 0 Å². The van der Waals surface area contributed by atoms with Crippen LogP contribution in [-0.2, 0) is 9.84 Å². The molecule has 1 N–H and O–H groups in total. The van der Waals surface area contributed by atoms with Crippen LogP contribution in [0.25, 0.3) is 0 Å². The lowest BCUT2D eigenvalue weighted by molar-refractivity contribution is -0.385. The van der Waals surface area contributed by atoms with Gasteiger partial charge in [0.15, 0.2) is 0 Å². The van der Waals surface area contributed by atoms with E-state index in [9.17, 15) is 23.3 Å². The topological polar surface area (TPSA) is 106 Å². The Morgan fingerprint density at radius 1 is 1.33 bits per heavy atom. The summed E-state index contributed by atoms with van der Waals surface area (Å²) in [6.45, 7) is 0. The van der Waals surface area contributed by atoms with Crippen molar-refractivity contribution in [3.8, 4) is 0 Å². The lowest BCUT2D eigenvalue weighted by Crippen LogP contribution is -2.40. The molecule has 2 rings (SSSR count). The molecule has 1 aromatic carbocycles. The molecule has 0 bridgehead atoms. The second-order valence-corrected chi connectivity index (χ2v) is 7.89. The zero-order chi connectivity index (χ0) is 15.6. The van der Waals surface area contributed by atoms with Crippen molar-refractivity contribution in [3.05, 3.63) is 38.3 Å². The van der Waals surface area contributed by atoms with Gasteiger partial charge in [0, 0.05) is 12.1 Å². The van der Waals surface area contributed by atoms with Crippen LogP contribution in [0.4, 0.5) is 5.69 Å². The average molecular weight is 377 g/mol. The largest absolute Gasteiger partial charge is 0.349 e. The van der Waals surface area contributed by atoms with E-state index in [1.54, 1.807) is 0 Å². The van der Waals surface area contributed by atoms with Gasteiger partial charge < -0.3 is 5.32 Å². The van der Waals surface area contributed by atoms with Crippen LogP contribution < -0.4 is 5.32 Å². The molecule has 9 heteroatoms. The van der Waals surface area contributed by atoms with Crippen molar-refractivity contribution in [2.75, 3.05) is 11.5 Å². The zero-order valence-corrected chi connectivity index (χ0v) is 13.3. The van der Waals surface area contributed by atoms with Crippen LogP contribution in [0.2, 0.25) is 0 Å². The highest BCUT2D eigenvalue weighted by molar-refractivity contribution is 9.10. The van der Waals surface area contributed by atoms with Gasteiger partial charge in [-0.3, -0.25) is 14.9 Å². The van der Waals surface area contributed by atoms with E-state index in [1.165, 1.54) is 18.2 Å². The highest BCUT2D eigenvalue weighted by atomic mass is 79.9. The zero-order valence-electron chi connectivity index (χ0n) is 10.9. The van der Waals surface area contributed by atoms with Crippen LogP contribution in [0.5, 0.6) is 0 Å². The number of amides is 1. The summed E-state index contributed by atoms with van der Waals surface area (Å²) >= 11 is 3.07. The SMILES string of the molecule is O=C(NC1CCS(=O)(=O)CC1)c1cccc([N+](=O)[O-])c1Br. The van der Waals surface area contributed by atoms with Gasteiger partial charge in [0.05, 0.1) is 22.0 Å². The molecule has 1 fully saturated rings. The van der Waals surface area contributed by atoms with E-state index in [4.69, 9.17) is 0 Å². The number of hydrogen-bond acceptors (Lipinski definition) is 5. The number of halogens is 1. The van der Waals surface area contributed by atoms with Crippen LogP contribution in [0.1, 0.15) is 23.2 Å². The smallest absolute Gasteiger partial charge is 0.284 e. The minimum atomic E-state index is -2.99. The van der Waals surface area contributed by atoms with E-state index < -0.39 is 20.7 Å². The van der Waals surface area contributed by atoms with Gasteiger partial charge >= 0.3 is 0 Å². The summed E-state index contributed by atoms with van der Waals surface area (Å²) in [4.78, 5) is 22.4. The molecule has 0 atom stereocenters. The summed E-state index contributed by atoms with van der Waals surface area (Å²) < 4.78 is 22.8. The Kier molecular flexibility index (Phi) is 4.62. The monoisotopic (exact) mass is 376 g/mol. The molecule has 1 heterocycles. The maximum Gasteiger partial charge on any atom is 0.284 e. The van der Waals surface area contributed by atoms with Crippen molar-refractivity contribution in [2.45, 2.75) is 18.9 Å². The Morgan fingerprint density at radius 3 is 2.52 bits per heavy atom. The quantitative estimate of drug-likeness (QED) is 0.637. The average Bonchev–Trinajstić information content (AvgIpc) is 2.41. The molecule has 7 nitrogen and oxygen atoms in total. The molecule has 1 aliphatic heterocycles. The number of nitro benzene ring substituents is 1. The van der Waals surface area contributed by atoms with Gasteiger partial charge in [-0.15, -0.1) is 0 Å². The third-order valence-corrected chi connectivity index (χ3v) is 5.86. The Labute approximate surface area is 129 Å². The first-order chi connectivity index (χ1) is 9.80. The van der Waals surface area contributed by atoms with Crippen molar-refractivity contribution in [1.82, 2.24) is 5.32 Å². The van der Waals surface area contributed by atoms with E-state index in [2.05, 4.69) is 21.2 Å². The standard InChI is InChI=1S/C12H13BrN2O5S/c13-11-9(2-1-3-10(11)15(17)18)12(16)14-8-4-6-21(19,20)7-5-8/h1-3,8H,4-7H2,(H,14,16). The van der Waals surface area contributed by atoms with Crippen molar-refractivity contribution >= 4 is 37.4 Å². The number of nitrogens with zero attached hydrogens (tertiary/aromatic N) is 1. The Hall–Kier alpha value is -1.48. The van der Waals surface area contributed by atoms with Crippen LogP contribution in [0, 0.1) is 10.1 Å². The van der Waals surface area contributed by atoms with Crippen molar-refractivity contribution < 1.29 is 18.1 Å². The first kappa shape index (κ1) is 15.9. The minimum Gasteiger partial charge on any atom is -0.349 e. The van der Waals surface area contributed by atoms with Gasteiger partial charge in [-0.1, -0.05) is 6.07 Å². The maximum atomic E-state index is 12.2. The molecular formula is C12H13BrN2O5S. The van der Waals surface area contributed by atoms with Gasteiger partial charge in [0.25, 0.3) is 11.6 Å². The van der Waals surface area contributed by atoms with Crippen molar-refractivity contribution in [1.29, 1.82) is 0 Å². The second kappa shape index (κ2) is 6.10. The lowest BCUT2D eigenvalue weighted by Gasteiger charge is -2.23. The summed E-state index contributed by atoms with van der Waals surface area (Å²) in [5.74, 6) is -0.350. The third-order valence-electron chi connectivity index (χ3n) is 3.31. The molecule has 0 saturated carbocycles. The Morgan fingerprint density at radius 2 is 1.95 bits per heavy atom. The fourth-order valence-corrected chi connectivity index (χ4v) is 4.21. The van der Waals surface area contributed by atoms with Gasteiger partial charge in [0.2, 0.25) is 0 Å². The molecule has 1 saturated heterocycles. The molecule has 0 unspecified atom stereocenters. The molecular weight excluding hydrogens is 364 g/mol. The summed E-state index contributed by atoms with van der Waals surface area (Å²) in [6.07, 6.45) is 0.723. The first-order valence-corrected chi connectivity index (χ1v) is 8.86. The predicted octanol–water partition coefficient (Wildman–Crippen LogP) is 1.66. The number of carbonyl (C=O) groups is 1. The Bertz CT molecular complexity index is 675. The van der Waals surface area contributed by atoms with E-state index in [-0.39, 0.29) is 33.3 Å². The van der Waals surface area contributed by atoms with Crippen LogP contribution in [0.15, 0.2) is 22.7 Å². The second-order valence-electron chi connectivity index (χ2n) is 4.80. The van der Waals surface area contributed by atoms with E-state index >= 15 is 0 Å². The molecule has 0 aromatic heterocycles. The third kappa shape index (κ3) is 3.79. The number of carbonyl (C=O) groups excluding carboxylic acids is 1. The summed E-state index contributed by atoms with van der Waals surface area (Å²) in [6, 6.07) is 3.98. The highest BCUT2D eigenvalue weighted by Gasteiger charge is 2.26. The number of hydrogen-bond donors (Lipinski definition) is 1. The summed E-state index contributed by atoms with van der Waals surface area (Å²) in [5.41, 5.74) is -0.0218. The van der Waals surface area contributed by atoms with E-state index in [0.717, 1.165) is 0 Å². The normalized spacial score (nSPS) is 18.1. The molecule has 1 aromatic rings. The van der Waals surface area contributed by atoms with E-state index in [1.807, 2.05) is 0 Å². The van der Waals surface area contributed by atoms with Crippen molar-refractivity contribution in [3.63, 3.8) is 0 Å². The van der Waals surface area contributed by atoms with Crippen LogP contribution in [-0.4, -0.2) is 36.8 Å². The first-order valence-electron chi connectivity index (χ1n) is 6.24. The molecule has 0 spiro atoms. The van der Waals surface area contributed by atoms with Gasteiger partial charge in [-0.25, -0.2) is 8.42 Å². The molecule has 21 heavy (non-hydrogen) atoms. The Balaban J connectivity index is 2.11. The van der Waals surface area contributed by atoms with Crippen molar-refractivity contribution in [2.24, 2.45) is 0 Å². The molecule has 1 amide bonds. The van der Waals surface area contributed by atoms with Gasteiger partial charge in [-0.2, -0.15) is 0 Å². The number of nitro groups is 1. The number of nitrogens with one attached hydrogen (secondary N) is 1. The summed E-state index contributed by atoms with van der Waals surface area (Å²) in [5, 5.41) is 13.6. The van der Waals surface area contributed by atoms with Gasteiger partial charge in [0.1, 0.15) is 14.3 Å². The molecule has 0 radical (unpaired) electrons. The predicted molar refractivity (Wildman–Crippen MR) is 79.9 cm³/mol. The fraction of sp³-hybridized carbons (Fsp3) is 0.417. The number of benzene rings is 1. The molecule has 1 aliphatic rings. The highest BCUT2D eigenvalue weighted by Crippen LogP contribution is 2.28. The molecule has 0 aliphatic carbocycles. The molecule has 114 valence electrons. The lowest BCUT2D eigenvalue weighted by atomic mass is 10.1. The number of sulfone groups is 1. The fourth-order valence-electron chi connectivity index (χ4n) is 2.13.